The van der Waals surface area contributed by atoms with Gasteiger partial charge in [0, 0.05) is 16.8 Å². The van der Waals surface area contributed by atoms with Crippen LogP contribution in [0.25, 0.3) is 27.5 Å². The lowest BCUT2D eigenvalue weighted by Gasteiger charge is -1.83. The van der Waals surface area contributed by atoms with E-state index in [1.54, 1.807) is 12.2 Å². The Morgan fingerprint density at radius 1 is 1.40 bits per heavy atom. The Kier molecular flexibility index (Phi) is 2.72. The van der Waals surface area contributed by atoms with Crippen LogP contribution in [-0.4, -0.2) is 6.54 Å². The second-order valence-corrected chi connectivity index (χ2v) is 3.00. The van der Waals surface area contributed by atoms with Crippen LogP contribution in [0.3, 0.4) is 0 Å². The molecule has 4 heteroatoms. The van der Waals surface area contributed by atoms with Crippen LogP contribution in [0.4, 0.5) is 0 Å². The van der Waals surface area contributed by atoms with Gasteiger partial charge in [-0.3, -0.25) is 0 Å². The summed E-state index contributed by atoms with van der Waals surface area (Å²) in [6, 6.07) is 9.75. The van der Waals surface area contributed by atoms with Gasteiger partial charge in [-0.15, -0.1) is 0 Å². The standard InChI is InChI=1S/C11H9N3O/c12-14-13-7-3-5-10-8-9-4-1-2-6-11(9)15-10/h1-6,8H,7H2. The summed E-state index contributed by atoms with van der Waals surface area (Å²) >= 11 is 0. The van der Waals surface area contributed by atoms with Crippen molar-refractivity contribution in [3.63, 3.8) is 0 Å². The minimum absolute atomic E-state index is 0.341. The zero-order valence-corrected chi connectivity index (χ0v) is 8.00. The lowest BCUT2D eigenvalue weighted by Crippen LogP contribution is -1.66. The summed E-state index contributed by atoms with van der Waals surface area (Å²) in [4.78, 5) is 2.65. The number of azide groups is 1. The maximum atomic E-state index is 8.08. The summed E-state index contributed by atoms with van der Waals surface area (Å²) in [5.41, 5.74) is 8.94. The molecule has 74 valence electrons. The highest BCUT2D eigenvalue weighted by Gasteiger charge is 1.98. The summed E-state index contributed by atoms with van der Waals surface area (Å²) in [6.45, 7) is 0.341. The lowest BCUT2D eigenvalue weighted by molar-refractivity contribution is 0.604. The lowest BCUT2D eigenvalue weighted by atomic mass is 10.2. The molecule has 0 radical (unpaired) electrons. The second kappa shape index (κ2) is 4.35. The Morgan fingerprint density at radius 3 is 3.07 bits per heavy atom. The van der Waals surface area contributed by atoms with Gasteiger partial charge in [0.15, 0.2) is 0 Å². The number of nitrogens with zero attached hydrogens (tertiary/aromatic N) is 3. The normalized spacial score (nSPS) is 10.7. The molecule has 15 heavy (non-hydrogen) atoms. The molecule has 0 N–H and O–H groups in total. The molecule has 0 saturated heterocycles. The van der Waals surface area contributed by atoms with Gasteiger partial charge in [-0.2, -0.15) is 0 Å². The highest BCUT2D eigenvalue weighted by Crippen LogP contribution is 2.19. The number of para-hydroxylation sites is 1. The Bertz CT molecular complexity index is 503. The van der Waals surface area contributed by atoms with E-state index >= 15 is 0 Å². The van der Waals surface area contributed by atoms with Gasteiger partial charge in [0.25, 0.3) is 0 Å². The molecule has 2 rings (SSSR count). The van der Waals surface area contributed by atoms with Crippen molar-refractivity contribution in [3.8, 4) is 0 Å². The molecule has 0 aliphatic heterocycles. The molecule has 0 aliphatic rings. The number of hydrogen-bond donors (Lipinski definition) is 0. The van der Waals surface area contributed by atoms with E-state index in [0.717, 1.165) is 16.7 Å². The quantitative estimate of drug-likeness (QED) is 0.421. The van der Waals surface area contributed by atoms with Crippen LogP contribution in [-0.2, 0) is 0 Å². The molecule has 0 aliphatic carbocycles. The molecule has 0 saturated carbocycles. The average molecular weight is 199 g/mol. The fourth-order valence-electron chi connectivity index (χ4n) is 1.34. The molecular weight excluding hydrogens is 190 g/mol. The molecule has 0 amide bonds. The molecule has 1 aromatic heterocycles. The third-order valence-electron chi connectivity index (χ3n) is 1.98. The maximum Gasteiger partial charge on any atom is 0.134 e. The van der Waals surface area contributed by atoms with E-state index in [-0.39, 0.29) is 0 Å². The minimum atomic E-state index is 0.341. The summed E-state index contributed by atoms with van der Waals surface area (Å²) in [5.74, 6) is 0.768. The third-order valence-corrected chi connectivity index (χ3v) is 1.98. The number of benzene rings is 1. The molecule has 0 fully saturated rings. The Labute approximate surface area is 86.4 Å². The summed E-state index contributed by atoms with van der Waals surface area (Å²) in [5, 5.41) is 4.46. The van der Waals surface area contributed by atoms with Gasteiger partial charge in [-0.05, 0) is 23.7 Å². The molecule has 1 heterocycles. The highest BCUT2D eigenvalue weighted by atomic mass is 16.3. The van der Waals surface area contributed by atoms with Crippen molar-refractivity contribution in [2.24, 2.45) is 5.11 Å². The fourth-order valence-corrected chi connectivity index (χ4v) is 1.34. The Balaban J connectivity index is 2.22. The monoisotopic (exact) mass is 199 g/mol. The van der Waals surface area contributed by atoms with Gasteiger partial charge in [-0.25, -0.2) is 0 Å². The van der Waals surface area contributed by atoms with Crippen LogP contribution in [0.1, 0.15) is 5.76 Å². The van der Waals surface area contributed by atoms with E-state index in [9.17, 15) is 0 Å². The SMILES string of the molecule is [N-]=[N+]=NCC=Cc1cc2ccccc2o1. The smallest absolute Gasteiger partial charge is 0.134 e. The van der Waals surface area contributed by atoms with Gasteiger partial charge in [0.05, 0.1) is 0 Å². The zero-order chi connectivity index (χ0) is 10.5. The van der Waals surface area contributed by atoms with Crippen LogP contribution in [0, 0.1) is 0 Å². The maximum absolute atomic E-state index is 8.08. The number of hydrogen-bond acceptors (Lipinski definition) is 2. The van der Waals surface area contributed by atoms with Crippen molar-refractivity contribution in [1.29, 1.82) is 0 Å². The Hall–Kier alpha value is -2.19. The number of fused-ring (bicyclic) bond motifs is 1. The molecular formula is C11H9N3O. The van der Waals surface area contributed by atoms with Crippen molar-refractivity contribution in [3.05, 3.63) is 52.6 Å². The summed E-state index contributed by atoms with van der Waals surface area (Å²) in [6.07, 6.45) is 3.56. The topological polar surface area (TPSA) is 61.9 Å². The van der Waals surface area contributed by atoms with E-state index < -0.39 is 0 Å². The van der Waals surface area contributed by atoms with Crippen LogP contribution in [0.15, 0.2) is 45.9 Å². The number of furan rings is 1. The van der Waals surface area contributed by atoms with Gasteiger partial charge < -0.3 is 4.42 Å². The van der Waals surface area contributed by atoms with Gasteiger partial charge in [-0.1, -0.05) is 29.4 Å². The summed E-state index contributed by atoms with van der Waals surface area (Å²) < 4.78 is 5.53. The van der Waals surface area contributed by atoms with Crippen LogP contribution >= 0.6 is 0 Å². The molecule has 0 bridgehead atoms. The minimum Gasteiger partial charge on any atom is -0.457 e. The van der Waals surface area contributed by atoms with Gasteiger partial charge in [0.1, 0.15) is 11.3 Å². The third kappa shape index (κ3) is 2.18. The molecule has 0 spiro atoms. The molecule has 0 atom stereocenters. The number of rotatable bonds is 3. The summed E-state index contributed by atoms with van der Waals surface area (Å²) in [7, 11) is 0. The van der Waals surface area contributed by atoms with E-state index in [1.165, 1.54) is 0 Å². The second-order valence-electron chi connectivity index (χ2n) is 3.00. The fraction of sp³-hybridized carbons (Fsp3) is 0.0909. The van der Waals surface area contributed by atoms with E-state index in [1.807, 2.05) is 30.3 Å². The van der Waals surface area contributed by atoms with Crippen LogP contribution < -0.4 is 0 Å². The van der Waals surface area contributed by atoms with E-state index in [4.69, 9.17) is 9.95 Å². The van der Waals surface area contributed by atoms with Gasteiger partial charge in [0.2, 0.25) is 0 Å². The van der Waals surface area contributed by atoms with Crippen molar-refractivity contribution >= 4 is 17.0 Å². The van der Waals surface area contributed by atoms with Crippen LogP contribution in [0.2, 0.25) is 0 Å². The van der Waals surface area contributed by atoms with Crippen LogP contribution in [0.5, 0.6) is 0 Å². The van der Waals surface area contributed by atoms with Crippen molar-refractivity contribution in [1.82, 2.24) is 0 Å². The first-order chi connectivity index (χ1) is 7.40. The molecule has 4 nitrogen and oxygen atoms in total. The first kappa shape index (κ1) is 9.37. The van der Waals surface area contributed by atoms with E-state index in [0.29, 0.717) is 6.54 Å². The van der Waals surface area contributed by atoms with Crippen molar-refractivity contribution < 1.29 is 4.42 Å². The molecule has 2 aromatic rings. The predicted molar refractivity (Wildman–Crippen MR) is 59.3 cm³/mol. The average Bonchev–Trinajstić information content (AvgIpc) is 2.67. The zero-order valence-electron chi connectivity index (χ0n) is 8.00. The Morgan fingerprint density at radius 2 is 2.27 bits per heavy atom. The molecule has 0 unspecified atom stereocenters. The van der Waals surface area contributed by atoms with Crippen molar-refractivity contribution in [2.45, 2.75) is 0 Å². The predicted octanol–water partition coefficient (Wildman–Crippen LogP) is 3.76. The van der Waals surface area contributed by atoms with Gasteiger partial charge >= 0.3 is 0 Å². The highest BCUT2D eigenvalue weighted by molar-refractivity contribution is 5.79. The van der Waals surface area contributed by atoms with E-state index in [2.05, 4.69) is 10.0 Å². The molecule has 1 aromatic carbocycles. The van der Waals surface area contributed by atoms with Crippen molar-refractivity contribution in [2.75, 3.05) is 6.54 Å². The largest absolute Gasteiger partial charge is 0.457 e. The first-order valence-corrected chi connectivity index (χ1v) is 4.56. The first-order valence-electron chi connectivity index (χ1n) is 4.56.